The molecule has 0 aromatic heterocycles. The summed E-state index contributed by atoms with van der Waals surface area (Å²) >= 11 is 5.25. The van der Waals surface area contributed by atoms with Gasteiger partial charge in [-0.2, -0.15) is 0 Å². The molecule has 0 spiro atoms. The largest absolute Gasteiger partial charge is 0.207 e. The molecule has 3 heteroatoms. The average Bonchev–Trinajstić information content (AvgIpc) is 2.81. The lowest BCUT2D eigenvalue weighted by molar-refractivity contribution is 0.627. The molecule has 0 saturated carbocycles. The van der Waals surface area contributed by atoms with E-state index in [0.717, 1.165) is 22.9 Å². The molecule has 0 atom stereocenters. The number of hydrogen-bond acceptors (Lipinski definition) is 1. The zero-order valence-corrected chi connectivity index (χ0v) is 15.6. The zero-order valence-electron chi connectivity index (χ0n) is 13.2. The van der Waals surface area contributed by atoms with E-state index in [1.807, 2.05) is 6.07 Å². The molecule has 0 N–H and O–H groups in total. The minimum Gasteiger partial charge on any atom is -0.207 e. The van der Waals surface area contributed by atoms with Crippen molar-refractivity contribution in [3.63, 3.8) is 0 Å². The molecule has 2 aromatic carbocycles. The molecular formula is C20H18BrFS. The molecule has 0 heterocycles. The maximum atomic E-state index is 13.7. The molecule has 0 fully saturated rings. The van der Waals surface area contributed by atoms with Crippen molar-refractivity contribution >= 4 is 44.9 Å². The molecule has 0 aliphatic heterocycles. The van der Waals surface area contributed by atoms with Gasteiger partial charge < -0.3 is 0 Å². The van der Waals surface area contributed by atoms with Crippen LogP contribution in [0.5, 0.6) is 0 Å². The zero-order chi connectivity index (χ0) is 16.4. The third-order valence-corrected chi connectivity index (χ3v) is 5.36. The SMILES string of the molecule is CSc1ccc(C=C2C(C)=C(CCBr)c3cc(F)ccc32)cc1. The lowest BCUT2D eigenvalue weighted by atomic mass is 10.0. The Balaban J connectivity index is 2.09. The van der Waals surface area contributed by atoms with Crippen molar-refractivity contribution in [3.8, 4) is 0 Å². The van der Waals surface area contributed by atoms with Gasteiger partial charge in [0.05, 0.1) is 0 Å². The van der Waals surface area contributed by atoms with Gasteiger partial charge in [0.25, 0.3) is 0 Å². The quantitative estimate of drug-likeness (QED) is 0.416. The highest BCUT2D eigenvalue weighted by Gasteiger charge is 2.23. The minimum atomic E-state index is -0.172. The van der Waals surface area contributed by atoms with Crippen LogP contribution in [-0.2, 0) is 0 Å². The first-order valence-corrected chi connectivity index (χ1v) is 9.91. The van der Waals surface area contributed by atoms with Crippen molar-refractivity contribution < 1.29 is 4.39 Å². The number of hydrogen-bond donors (Lipinski definition) is 0. The summed E-state index contributed by atoms with van der Waals surface area (Å²) in [6.07, 6.45) is 5.19. The molecule has 1 aliphatic carbocycles. The van der Waals surface area contributed by atoms with Crippen LogP contribution in [0.2, 0.25) is 0 Å². The number of halogens is 2. The number of rotatable bonds is 4. The van der Waals surface area contributed by atoms with E-state index in [1.165, 1.54) is 27.2 Å². The van der Waals surface area contributed by atoms with E-state index in [2.05, 4.69) is 59.5 Å². The summed E-state index contributed by atoms with van der Waals surface area (Å²) < 4.78 is 13.7. The second kappa shape index (κ2) is 7.06. The maximum absolute atomic E-state index is 13.7. The molecule has 118 valence electrons. The molecule has 0 unspecified atom stereocenters. The van der Waals surface area contributed by atoms with Gasteiger partial charge in [-0.05, 0) is 83.4 Å². The summed E-state index contributed by atoms with van der Waals surface area (Å²) in [4.78, 5) is 1.26. The van der Waals surface area contributed by atoms with Crippen molar-refractivity contribution in [3.05, 3.63) is 70.5 Å². The van der Waals surface area contributed by atoms with Gasteiger partial charge in [-0.25, -0.2) is 4.39 Å². The second-order valence-corrected chi connectivity index (χ2v) is 7.24. The standard InChI is InChI=1S/C20H18BrFS/c1-13-17(9-10-21)20-12-15(22)5-8-18(20)19(13)11-14-3-6-16(23-2)7-4-14/h3-8,11-12H,9-10H2,1-2H3. The van der Waals surface area contributed by atoms with Crippen LogP contribution in [0.15, 0.2) is 52.9 Å². The third-order valence-electron chi connectivity index (χ3n) is 4.22. The van der Waals surface area contributed by atoms with Gasteiger partial charge in [0.15, 0.2) is 0 Å². The smallest absolute Gasteiger partial charge is 0.123 e. The molecule has 1 aliphatic rings. The molecular weight excluding hydrogens is 371 g/mol. The van der Waals surface area contributed by atoms with Gasteiger partial charge in [0, 0.05) is 10.2 Å². The summed E-state index contributed by atoms with van der Waals surface area (Å²) in [5.74, 6) is -0.172. The van der Waals surface area contributed by atoms with Crippen LogP contribution in [0.3, 0.4) is 0 Å². The topological polar surface area (TPSA) is 0 Å². The van der Waals surface area contributed by atoms with Gasteiger partial charge in [0.2, 0.25) is 0 Å². The van der Waals surface area contributed by atoms with Crippen molar-refractivity contribution in [1.29, 1.82) is 0 Å². The predicted molar refractivity (Wildman–Crippen MR) is 103 cm³/mol. The first-order chi connectivity index (χ1) is 11.1. The number of fused-ring (bicyclic) bond motifs is 1. The first kappa shape index (κ1) is 16.5. The number of benzene rings is 2. The fraction of sp³-hybridized carbons (Fsp3) is 0.200. The summed E-state index contributed by atoms with van der Waals surface area (Å²) in [6, 6.07) is 13.7. The van der Waals surface area contributed by atoms with Crippen LogP contribution >= 0.6 is 27.7 Å². The van der Waals surface area contributed by atoms with Crippen LogP contribution in [-0.4, -0.2) is 11.6 Å². The summed E-state index contributed by atoms with van der Waals surface area (Å²) in [7, 11) is 0. The number of alkyl halides is 1. The summed E-state index contributed by atoms with van der Waals surface area (Å²) in [5, 5.41) is 0.880. The third kappa shape index (κ3) is 3.31. The summed E-state index contributed by atoms with van der Waals surface area (Å²) in [6.45, 7) is 2.14. The van der Waals surface area contributed by atoms with Crippen molar-refractivity contribution in [2.24, 2.45) is 0 Å². The Labute approximate surface area is 149 Å². The fourth-order valence-electron chi connectivity index (χ4n) is 3.04. The van der Waals surface area contributed by atoms with Crippen molar-refractivity contribution in [1.82, 2.24) is 0 Å². The Kier molecular flexibility index (Phi) is 5.08. The van der Waals surface area contributed by atoms with Gasteiger partial charge in [-0.1, -0.05) is 34.1 Å². The van der Waals surface area contributed by atoms with E-state index in [0.29, 0.717) is 0 Å². The lowest BCUT2D eigenvalue weighted by Gasteiger charge is -2.05. The van der Waals surface area contributed by atoms with Crippen LogP contribution < -0.4 is 0 Å². The average molecular weight is 389 g/mol. The molecule has 23 heavy (non-hydrogen) atoms. The van der Waals surface area contributed by atoms with E-state index in [1.54, 1.807) is 23.9 Å². The fourth-order valence-corrected chi connectivity index (χ4v) is 3.84. The molecule has 0 nitrogen and oxygen atoms in total. The van der Waals surface area contributed by atoms with Crippen LogP contribution in [0, 0.1) is 5.82 Å². The summed E-state index contributed by atoms with van der Waals surface area (Å²) in [5.41, 5.74) is 7.03. The highest BCUT2D eigenvalue weighted by molar-refractivity contribution is 9.09. The number of allylic oxidation sites excluding steroid dienone is 3. The molecule has 0 saturated heterocycles. The number of thioether (sulfide) groups is 1. The highest BCUT2D eigenvalue weighted by Crippen LogP contribution is 2.44. The van der Waals surface area contributed by atoms with E-state index < -0.39 is 0 Å². The van der Waals surface area contributed by atoms with Crippen LogP contribution in [0.4, 0.5) is 4.39 Å². The first-order valence-electron chi connectivity index (χ1n) is 7.56. The Hall–Kier alpha value is -1.32. The van der Waals surface area contributed by atoms with Crippen molar-refractivity contribution in [2.75, 3.05) is 11.6 Å². The molecule has 3 rings (SSSR count). The second-order valence-electron chi connectivity index (χ2n) is 5.56. The van der Waals surface area contributed by atoms with Gasteiger partial charge >= 0.3 is 0 Å². The van der Waals surface area contributed by atoms with Gasteiger partial charge in [-0.3, -0.25) is 0 Å². The van der Waals surface area contributed by atoms with E-state index in [9.17, 15) is 4.39 Å². The Morgan fingerprint density at radius 1 is 1.09 bits per heavy atom. The Morgan fingerprint density at radius 3 is 2.48 bits per heavy atom. The normalized spacial score (nSPS) is 15.4. The Bertz CT molecular complexity index is 788. The Morgan fingerprint density at radius 2 is 1.83 bits per heavy atom. The van der Waals surface area contributed by atoms with E-state index in [4.69, 9.17) is 0 Å². The molecule has 2 aromatic rings. The molecule has 0 amide bonds. The highest BCUT2D eigenvalue weighted by atomic mass is 79.9. The molecule has 0 radical (unpaired) electrons. The van der Waals surface area contributed by atoms with Gasteiger partial charge in [0.1, 0.15) is 5.82 Å². The van der Waals surface area contributed by atoms with E-state index >= 15 is 0 Å². The van der Waals surface area contributed by atoms with E-state index in [-0.39, 0.29) is 5.82 Å². The minimum absolute atomic E-state index is 0.172. The van der Waals surface area contributed by atoms with Crippen molar-refractivity contribution in [2.45, 2.75) is 18.2 Å². The van der Waals surface area contributed by atoms with Crippen LogP contribution in [0.25, 0.3) is 17.2 Å². The lowest BCUT2D eigenvalue weighted by Crippen LogP contribution is -1.87. The maximum Gasteiger partial charge on any atom is 0.123 e. The van der Waals surface area contributed by atoms with Crippen LogP contribution in [0.1, 0.15) is 30.0 Å². The van der Waals surface area contributed by atoms with Gasteiger partial charge in [-0.15, -0.1) is 11.8 Å². The monoisotopic (exact) mass is 388 g/mol. The predicted octanol–water partition coefficient (Wildman–Crippen LogP) is 6.66. The molecule has 0 bridgehead atoms.